The Morgan fingerprint density at radius 3 is 2.61 bits per heavy atom. The summed E-state index contributed by atoms with van der Waals surface area (Å²) in [6.07, 6.45) is 0.192. The molecule has 3 N–H and O–H groups in total. The molecule has 0 heterocycles. The molecule has 0 saturated heterocycles. The van der Waals surface area contributed by atoms with Gasteiger partial charge in [-0.15, -0.1) is 0 Å². The first kappa shape index (κ1) is 14.6. The van der Waals surface area contributed by atoms with E-state index in [-0.39, 0.29) is 18.4 Å². The molecule has 18 heavy (non-hydrogen) atoms. The maximum Gasteiger partial charge on any atom is 0.303 e. The maximum atomic E-state index is 13.5. The minimum absolute atomic E-state index is 0.0718. The van der Waals surface area contributed by atoms with E-state index in [0.717, 1.165) is 18.2 Å². The van der Waals surface area contributed by atoms with E-state index in [1.54, 1.807) is 13.8 Å². The molecule has 5 heteroatoms. The fourth-order valence-electron chi connectivity index (χ4n) is 1.99. The number of hydrogen-bond acceptors (Lipinski definition) is 2. The summed E-state index contributed by atoms with van der Waals surface area (Å²) in [5, 5.41) is 8.76. The summed E-state index contributed by atoms with van der Waals surface area (Å²) >= 11 is 0. The minimum atomic E-state index is -0.938. The van der Waals surface area contributed by atoms with E-state index in [0.29, 0.717) is 0 Å². The van der Waals surface area contributed by atoms with E-state index in [9.17, 15) is 13.6 Å². The van der Waals surface area contributed by atoms with Crippen LogP contribution in [0.3, 0.4) is 0 Å². The summed E-state index contributed by atoms with van der Waals surface area (Å²) < 4.78 is 26.5. The van der Waals surface area contributed by atoms with Gasteiger partial charge in [0.15, 0.2) is 0 Å². The van der Waals surface area contributed by atoms with Crippen LogP contribution in [0.5, 0.6) is 0 Å². The van der Waals surface area contributed by atoms with Crippen molar-refractivity contribution in [2.45, 2.75) is 32.7 Å². The molecular weight excluding hydrogens is 240 g/mol. The number of hydrogen-bond donors (Lipinski definition) is 2. The summed E-state index contributed by atoms with van der Waals surface area (Å²) in [7, 11) is 0. The predicted molar refractivity (Wildman–Crippen MR) is 63.9 cm³/mol. The van der Waals surface area contributed by atoms with E-state index in [1.807, 2.05) is 0 Å². The lowest BCUT2D eigenvalue weighted by Gasteiger charge is -2.26. The quantitative estimate of drug-likeness (QED) is 0.852. The van der Waals surface area contributed by atoms with Crippen LogP contribution in [0.2, 0.25) is 0 Å². The van der Waals surface area contributed by atoms with E-state index in [1.165, 1.54) is 0 Å². The summed E-state index contributed by atoms with van der Waals surface area (Å²) in [6.45, 7) is 3.47. The Morgan fingerprint density at radius 2 is 2.06 bits per heavy atom. The van der Waals surface area contributed by atoms with Gasteiger partial charge in [-0.05, 0) is 30.0 Å². The van der Waals surface area contributed by atoms with E-state index >= 15 is 0 Å². The Bertz CT molecular complexity index is 447. The number of halogens is 2. The Morgan fingerprint density at radius 1 is 1.44 bits per heavy atom. The standard InChI is InChI=1S/C13H17F2NO2/c1-13(2,7-12(17)18)6-11(16)9-5-8(14)3-4-10(9)15/h3-5,11H,6-7,16H2,1-2H3,(H,17,18). The molecule has 3 nitrogen and oxygen atoms in total. The Kier molecular flexibility index (Phi) is 4.40. The molecule has 0 radical (unpaired) electrons. The molecule has 0 amide bonds. The van der Waals surface area contributed by atoms with Crippen molar-refractivity contribution < 1.29 is 18.7 Å². The average molecular weight is 257 g/mol. The first-order valence-electron chi connectivity index (χ1n) is 5.63. The second-order valence-corrected chi connectivity index (χ2v) is 5.21. The van der Waals surface area contributed by atoms with E-state index < -0.39 is 29.1 Å². The highest BCUT2D eigenvalue weighted by atomic mass is 19.1. The molecule has 0 aliphatic carbocycles. The van der Waals surface area contributed by atoms with Crippen molar-refractivity contribution >= 4 is 5.97 Å². The van der Waals surface area contributed by atoms with Gasteiger partial charge in [0.1, 0.15) is 11.6 Å². The summed E-state index contributed by atoms with van der Waals surface area (Å²) in [5.74, 6) is -2.07. The Balaban J connectivity index is 2.84. The molecule has 1 atom stereocenters. The number of carboxylic acids is 1. The molecule has 0 fully saturated rings. The number of benzene rings is 1. The number of nitrogens with two attached hydrogens (primary N) is 1. The van der Waals surface area contributed by atoms with Crippen LogP contribution >= 0.6 is 0 Å². The Hall–Kier alpha value is -1.49. The zero-order valence-electron chi connectivity index (χ0n) is 10.4. The van der Waals surface area contributed by atoms with Crippen molar-refractivity contribution in [1.29, 1.82) is 0 Å². The fourth-order valence-corrected chi connectivity index (χ4v) is 1.99. The molecule has 0 aliphatic rings. The van der Waals surface area contributed by atoms with Gasteiger partial charge < -0.3 is 10.8 Å². The lowest BCUT2D eigenvalue weighted by molar-refractivity contribution is -0.139. The highest BCUT2D eigenvalue weighted by Gasteiger charge is 2.26. The van der Waals surface area contributed by atoms with Crippen molar-refractivity contribution in [3.8, 4) is 0 Å². The summed E-state index contributed by atoms with van der Waals surface area (Å²) in [6, 6.07) is 2.37. The van der Waals surface area contributed by atoms with Gasteiger partial charge in [-0.2, -0.15) is 0 Å². The van der Waals surface area contributed by atoms with Crippen LogP contribution in [0, 0.1) is 17.0 Å². The highest BCUT2D eigenvalue weighted by molar-refractivity contribution is 5.67. The van der Waals surface area contributed by atoms with Crippen LogP contribution in [-0.2, 0) is 4.79 Å². The lowest BCUT2D eigenvalue weighted by Crippen LogP contribution is -2.24. The Labute approximate surface area is 105 Å². The zero-order valence-corrected chi connectivity index (χ0v) is 10.4. The van der Waals surface area contributed by atoms with Crippen molar-refractivity contribution in [3.63, 3.8) is 0 Å². The molecule has 1 aromatic rings. The minimum Gasteiger partial charge on any atom is -0.481 e. The van der Waals surface area contributed by atoms with Crippen molar-refractivity contribution in [3.05, 3.63) is 35.4 Å². The first-order valence-corrected chi connectivity index (χ1v) is 5.63. The van der Waals surface area contributed by atoms with Crippen LogP contribution in [0.1, 0.15) is 38.3 Å². The number of carbonyl (C=O) groups is 1. The molecule has 100 valence electrons. The van der Waals surface area contributed by atoms with Crippen LogP contribution in [-0.4, -0.2) is 11.1 Å². The molecule has 1 rings (SSSR count). The number of rotatable bonds is 5. The van der Waals surface area contributed by atoms with Gasteiger partial charge in [-0.3, -0.25) is 4.79 Å². The molecular formula is C13H17F2NO2. The number of aliphatic carboxylic acids is 1. The van der Waals surface area contributed by atoms with Gasteiger partial charge >= 0.3 is 5.97 Å². The second-order valence-electron chi connectivity index (χ2n) is 5.21. The predicted octanol–water partition coefficient (Wildman–Crippen LogP) is 2.86. The van der Waals surface area contributed by atoms with Crippen molar-refractivity contribution in [1.82, 2.24) is 0 Å². The van der Waals surface area contributed by atoms with Crippen LogP contribution < -0.4 is 5.73 Å². The van der Waals surface area contributed by atoms with Gasteiger partial charge in [-0.25, -0.2) is 8.78 Å². The monoisotopic (exact) mass is 257 g/mol. The first-order chi connectivity index (χ1) is 8.21. The van der Waals surface area contributed by atoms with Gasteiger partial charge in [0.2, 0.25) is 0 Å². The van der Waals surface area contributed by atoms with Crippen LogP contribution in [0.4, 0.5) is 8.78 Å². The van der Waals surface area contributed by atoms with Crippen molar-refractivity contribution in [2.75, 3.05) is 0 Å². The average Bonchev–Trinajstić information content (AvgIpc) is 2.18. The van der Waals surface area contributed by atoms with E-state index in [4.69, 9.17) is 10.8 Å². The third-order valence-electron chi connectivity index (χ3n) is 2.76. The number of carboxylic acid groups (broad SMARTS) is 1. The van der Waals surface area contributed by atoms with Gasteiger partial charge in [0.25, 0.3) is 0 Å². The SMILES string of the molecule is CC(C)(CC(=O)O)CC(N)c1cc(F)ccc1F. The zero-order chi connectivity index (χ0) is 13.9. The molecule has 0 aromatic heterocycles. The third-order valence-corrected chi connectivity index (χ3v) is 2.76. The van der Waals surface area contributed by atoms with Crippen molar-refractivity contribution in [2.24, 2.45) is 11.1 Å². The topological polar surface area (TPSA) is 63.3 Å². The van der Waals surface area contributed by atoms with Crippen LogP contribution in [0.15, 0.2) is 18.2 Å². The third kappa shape index (κ3) is 4.07. The van der Waals surface area contributed by atoms with E-state index in [2.05, 4.69) is 0 Å². The van der Waals surface area contributed by atoms with Crippen LogP contribution in [0.25, 0.3) is 0 Å². The second kappa shape index (κ2) is 5.44. The molecule has 1 unspecified atom stereocenters. The van der Waals surface area contributed by atoms with Gasteiger partial charge in [0, 0.05) is 11.6 Å². The van der Waals surface area contributed by atoms with Gasteiger partial charge in [-0.1, -0.05) is 13.8 Å². The fraction of sp³-hybridized carbons (Fsp3) is 0.462. The molecule has 0 saturated carbocycles. The molecule has 0 spiro atoms. The molecule has 0 aliphatic heterocycles. The molecule has 0 bridgehead atoms. The summed E-state index contributed by atoms with van der Waals surface area (Å²) in [5.41, 5.74) is 5.32. The maximum absolute atomic E-state index is 13.5. The van der Waals surface area contributed by atoms with Gasteiger partial charge in [0.05, 0.1) is 6.42 Å². The summed E-state index contributed by atoms with van der Waals surface area (Å²) in [4.78, 5) is 10.7. The molecule has 1 aromatic carbocycles. The largest absolute Gasteiger partial charge is 0.481 e. The lowest BCUT2D eigenvalue weighted by atomic mass is 9.81. The normalized spacial score (nSPS) is 13.4. The smallest absolute Gasteiger partial charge is 0.303 e. The highest BCUT2D eigenvalue weighted by Crippen LogP contribution is 2.32.